The fraction of sp³-hybridized carbons (Fsp3) is 0.579. The second-order valence-corrected chi connectivity index (χ2v) is 7.45. The highest BCUT2D eigenvalue weighted by atomic mass is 19.4. The van der Waals surface area contributed by atoms with Gasteiger partial charge < -0.3 is 19.7 Å². The zero-order chi connectivity index (χ0) is 19.9. The topological polar surface area (TPSA) is 67.9 Å². The molecule has 4 rings (SSSR count). The maximum absolute atomic E-state index is 12.8. The number of hydrogen-bond donors (Lipinski definition) is 1. The Bertz CT molecular complexity index is 767. The van der Waals surface area contributed by atoms with Crippen molar-refractivity contribution in [2.45, 2.75) is 31.2 Å². The third-order valence-electron chi connectivity index (χ3n) is 5.55. The summed E-state index contributed by atoms with van der Waals surface area (Å²) in [5, 5.41) is 2.49. The Kier molecular flexibility index (Phi) is 4.83. The summed E-state index contributed by atoms with van der Waals surface area (Å²) in [4.78, 5) is 26.7. The van der Waals surface area contributed by atoms with Crippen LogP contribution in [0.5, 0.6) is 0 Å². The minimum absolute atomic E-state index is 0.0772. The Morgan fingerprint density at radius 2 is 1.79 bits per heavy atom. The van der Waals surface area contributed by atoms with Crippen LogP contribution in [-0.2, 0) is 25.2 Å². The van der Waals surface area contributed by atoms with Crippen LogP contribution in [-0.4, -0.2) is 48.8 Å². The second kappa shape index (κ2) is 7.04. The lowest BCUT2D eigenvalue weighted by atomic mass is 10.0. The van der Waals surface area contributed by atoms with Crippen molar-refractivity contribution < 1.29 is 32.2 Å². The molecule has 1 N–H and O–H groups in total. The zero-order valence-corrected chi connectivity index (χ0v) is 15.1. The number of benzene rings is 1. The number of hydrogen-bond acceptors (Lipinski definition) is 4. The summed E-state index contributed by atoms with van der Waals surface area (Å²) in [6, 6.07) is 4.48. The lowest BCUT2D eigenvalue weighted by molar-refractivity contribution is -0.187. The highest BCUT2D eigenvalue weighted by Gasteiger charge is 2.51. The Hall–Kier alpha value is -2.13. The molecule has 1 aromatic rings. The van der Waals surface area contributed by atoms with Gasteiger partial charge in [-0.3, -0.25) is 9.59 Å². The smallest absolute Gasteiger partial charge is 0.347 e. The molecule has 0 aromatic heterocycles. The fourth-order valence-electron chi connectivity index (χ4n) is 3.85. The van der Waals surface area contributed by atoms with Crippen LogP contribution in [0.15, 0.2) is 24.3 Å². The number of anilines is 1. The molecule has 3 fully saturated rings. The van der Waals surface area contributed by atoms with Crippen LogP contribution < -0.4 is 5.32 Å². The Balaban J connectivity index is 1.30. The lowest BCUT2D eigenvalue weighted by Gasteiger charge is -2.37. The number of likely N-dealkylation sites (tertiary alicyclic amines) is 1. The second-order valence-electron chi connectivity index (χ2n) is 7.45. The fourth-order valence-corrected chi connectivity index (χ4v) is 3.85. The van der Waals surface area contributed by atoms with Gasteiger partial charge in [-0.1, -0.05) is 6.07 Å². The summed E-state index contributed by atoms with van der Waals surface area (Å²) in [6.45, 7) is 2.15. The minimum Gasteiger partial charge on any atom is -0.347 e. The van der Waals surface area contributed by atoms with E-state index in [9.17, 15) is 22.8 Å². The van der Waals surface area contributed by atoms with Crippen LogP contribution in [0.4, 0.5) is 18.9 Å². The Morgan fingerprint density at radius 3 is 2.43 bits per heavy atom. The summed E-state index contributed by atoms with van der Waals surface area (Å²) >= 11 is 0. The van der Waals surface area contributed by atoms with E-state index in [1.165, 1.54) is 12.1 Å². The summed E-state index contributed by atoms with van der Waals surface area (Å²) in [6.07, 6.45) is -2.85. The van der Waals surface area contributed by atoms with Gasteiger partial charge in [0.25, 0.3) is 0 Å². The van der Waals surface area contributed by atoms with Crippen molar-refractivity contribution in [1.29, 1.82) is 0 Å². The molecule has 152 valence electrons. The molecule has 9 heteroatoms. The average molecular weight is 398 g/mol. The summed E-state index contributed by atoms with van der Waals surface area (Å²) < 4.78 is 49.6. The molecule has 2 atom stereocenters. The Labute approximate surface area is 160 Å². The molecule has 2 amide bonds. The van der Waals surface area contributed by atoms with Gasteiger partial charge in [-0.25, -0.2) is 0 Å². The van der Waals surface area contributed by atoms with Crippen LogP contribution in [0.1, 0.15) is 24.8 Å². The van der Waals surface area contributed by atoms with Crippen molar-refractivity contribution in [2.24, 2.45) is 11.8 Å². The molecular formula is C19H21F3N2O4. The first kappa shape index (κ1) is 19.2. The molecule has 0 bridgehead atoms. The van der Waals surface area contributed by atoms with Crippen LogP contribution in [0, 0.1) is 11.8 Å². The third-order valence-corrected chi connectivity index (χ3v) is 5.55. The van der Waals surface area contributed by atoms with Crippen molar-refractivity contribution >= 4 is 17.5 Å². The molecule has 28 heavy (non-hydrogen) atoms. The maximum Gasteiger partial charge on any atom is 0.416 e. The molecule has 2 aliphatic heterocycles. The van der Waals surface area contributed by atoms with Gasteiger partial charge in [-0.2, -0.15) is 13.2 Å². The van der Waals surface area contributed by atoms with Crippen molar-refractivity contribution in [1.82, 2.24) is 4.90 Å². The van der Waals surface area contributed by atoms with Crippen LogP contribution in [0.25, 0.3) is 0 Å². The third kappa shape index (κ3) is 3.86. The summed E-state index contributed by atoms with van der Waals surface area (Å²) in [5.74, 6) is -1.99. The number of rotatable bonds is 3. The van der Waals surface area contributed by atoms with Gasteiger partial charge in [0.1, 0.15) is 0 Å². The Morgan fingerprint density at radius 1 is 1.11 bits per heavy atom. The molecule has 2 unspecified atom stereocenters. The quantitative estimate of drug-likeness (QED) is 0.850. The van der Waals surface area contributed by atoms with Gasteiger partial charge in [0.05, 0.1) is 30.6 Å². The SMILES string of the molecule is O=C(Nc1cccc(C(F)(F)F)c1)C1CC1C(=O)N1CCC2(CC1)OCCO2. The van der Waals surface area contributed by atoms with E-state index in [2.05, 4.69) is 5.32 Å². The predicted molar refractivity (Wildman–Crippen MR) is 92.1 cm³/mol. The van der Waals surface area contributed by atoms with E-state index in [-0.39, 0.29) is 11.6 Å². The van der Waals surface area contributed by atoms with Crippen LogP contribution in [0.2, 0.25) is 0 Å². The van der Waals surface area contributed by atoms with E-state index in [1.807, 2.05) is 0 Å². The van der Waals surface area contributed by atoms with E-state index >= 15 is 0 Å². The first-order valence-corrected chi connectivity index (χ1v) is 9.32. The van der Waals surface area contributed by atoms with E-state index in [4.69, 9.17) is 9.47 Å². The van der Waals surface area contributed by atoms with Crippen LogP contribution in [0.3, 0.4) is 0 Å². The monoisotopic (exact) mass is 398 g/mol. The van der Waals surface area contributed by atoms with E-state index in [0.29, 0.717) is 45.6 Å². The standard InChI is InChI=1S/C19H21F3N2O4/c20-19(21,22)12-2-1-3-13(10-12)23-16(25)14-11-15(14)17(26)24-6-4-18(5-7-24)27-8-9-28-18/h1-3,10,14-15H,4-9,11H2,(H,23,25). The average Bonchev–Trinajstić information content (AvgIpc) is 3.35. The first-order valence-electron chi connectivity index (χ1n) is 9.32. The van der Waals surface area contributed by atoms with Gasteiger partial charge in [-0.05, 0) is 24.6 Å². The van der Waals surface area contributed by atoms with Gasteiger partial charge in [0, 0.05) is 31.6 Å². The number of halogens is 3. The van der Waals surface area contributed by atoms with Crippen molar-refractivity contribution in [3.63, 3.8) is 0 Å². The number of nitrogens with zero attached hydrogens (tertiary/aromatic N) is 1. The number of carbonyl (C=O) groups is 2. The van der Waals surface area contributed by atoms with E-state index < -0.39 is 35.3 Å². The number of alkyl halides is 3. The van der Waals surface area contributed by atoms with Crippen molar-refractivity contribution in [3.05, 3.63) is 29.8 Å². The first-order chi connectivity index (χ1) is 13.3. The molecule has 3 aliphatic rings. The highest BCUT2D eigenvalue weighted by molar-refractivity contribution is 5.99. The number of amides is 2. The molecule has 1 spiro atoms. The van der Waals surface area contributed by atoms with Crippen molar-refractivity contribution in [3.8, 4) is 0 Å². The summed E-state index contributed by atoms with van der Waals surface area (Å²) in [5.41, 5.74) is -0.749. The van der Waals surface area contributed by atoms with Crippen LogP contribution >= 0.6 is 0 Å². The van der Waals surface area contributed by atoms with Crippen molar-refractivity contribution in [2.75, 3.05) is 31.6 Å². The predicted octanol–water partition coefficient (Wildman–Crippen LogP) is 2.65. The molecule has 1 saturated carbocycles. The number of carbonyl (C=O) groups excluding carboxylic acids is 2. The van der Waals surface area contributed by atoms with Gasteiger partial charge >= 0.3 is 6.18 Å². The number of ether oxygens (including phenoxy) is 2. The molecule has 6 nitrogen and oxygen atoms in total. The zero-order valence-electron chi connectivity index (χ0n) is 15.1. The van der Waals surface area contributed by atoms with E-state index in [1.54, 1.807) is 4.90 Å². The van der Waals surface area contributed by atoms with E-state index in [0.717, 1.165) is 12.1 Å². The largest absolute Gasteiger partial charge is 0.416 e. The van der Waals surface area contributed by atoms with Gasteiger partial charge in [0.15, 0.2) is 5.79 Å². The lowest BCUT2D eigenvalue weighted by Crippen LogP contribution is -2.48. The molecule has 2 heterocycles. The molecule has 1 aliphatic carbocycles. The number of piperidine rings is 1. The highest BCUT2D eigenvalue weighted by Crippen LogP contribution is 2.42. The molecule has 0 radical (unpaired) electrons. The normalized spacial score (nSPS) is 26.3. The number of nitrogens with one attached hydrogen (secondary N) is 1. The van der Waals surface area contributed by atoms with Gasteiger partial charge in [-0.15, -0.1) is 0 Å². The maximum atomic E-state index is 12.8. The minimum atomic E-state index is -4.48. The molecular weight excluding hydrogens is 377 g/mol. The van der Waals surface area contributed by atoms with Gasteiger partial charge in [0.2, 0.25) is 11.8 Å². The summed E-state index contributed by atoms with van der Waals surface area (Å²) in [7, 11) is 0. The molecule has 1 aromatic carbocycles. The molecule has 2 saturated heterocycles.